The number of esters is 1. The van der Waals surface area contributed by atoms with Crippen molar-refractivity contribution < 1.29 is 24.2 Å². The first-order valence-corrected chi connectivity index (χ1v) is 4.32. The summed E-state index contributed by atoms with van der Waals surface area (Å²) in [5.41, 5.74) is -0.534. The summed E-state index contributed by atoms with van der Waals surface area (Å²) in [4.78, 5) is 21.1. The van der Waals surface area contributed by atoms with Crippen LogP contribution in [0, 0.1) is 0 Å². The van der Waals surface area contributed by atoms with E-state index in [1.54, 1.807) is 20.8 Å². The number of carbonyl (C=O) groups is 2. The second-order valence-corrected chi connectivity index (χ2v) is 3.78. The lowest BCUT2D eigenvalue weighted by Gasteiger charge is -2.19. The van der Waals surface area contributed by atoms with Crippen molar-refractivity contribution in [1.82, 2.24) is 0 Å². The first-order chi connectivity index (χ1) is 6.31. The Morgan fingerprint density at radius 1 is 1.29 bits per heavy atom. The molecule has 0 unspecified atom stereocenters. The lowest BCUT2D eigenvalue weighted by atomic mass is 10.2. The number of rotatable bonds is 5. The van der Waals surface area contributed by atoms with Crippen molar-refractivity contribution in [1.29, 1.82) is 0 Å². The van der Waals surface area contributed by atoms with Gasteiger partial charge in [-0.15, -0.1) is 0 Å². The van der Waals surface area contributed by atoms with Crippen LogP contribution in [0.25, 0.3) is 0 Å². The zero-order valence-electron chi connectivity index (χ0n) is 8.70. The quantitative estimate of drug-likeness (QED) is 0.530. The van der Waals surface area contributed by atoms with E-state index in [1.165, 1.54) is 0 Å². The van der Waals surface area contributed by atoms with E-state index in [0.717, 1.165) is 0 Å². The summed E-state index contributed by atoms with van der Waals surface area (Å²) in [6.45, 7) is 5.07. The molecule has 0 amide bonds. The highest BCUT2D eigenvalue weighted by Crippen LogP contribution is 2.06. The Morgan fingerprint density at radius 2 is 1.86 bits per heavy atom. The van der Waals surface area contributed by atoms with E-state index in [1.807, 2.05) is 0 Å². The van der Waals surface area contributed by atoms with Gasteiger partial charge in [-0.05, 0) is 20.8 Å². The molecule has 0 spiro atoms. The molecule has 0 aliphatic rings. The minimum atomic E-state index is -0.950. The van der Waals surface area contributed by atoms with Crippen LogP contribution in [0.4, 0.5) is 0 Å². The van der Waals surface area contributed by atoms with Gasteiger partial charge in [0.1, 0.15) is 12.2 Å². The molecule has 5 nitrogen and oxygen atoms in total. The average Bonchev–Trinajstić information content (AvgIpc) is 1.94. The van der Waals surface area contributed by atoms with Crippen molar-refractivity contribution in [3.8, 4) is 0 Å². The molecule has 0 rings (SSSR count). The van der Waals surface area contributed by atoms with Crippen LogP contribution >= 0.6 is 0 Å². The highest BCUT2D eigenvalue weighted by Gasteiger charge is 2.15. The van der Waals surface area contributed by atoms with Gasteiger partial charge in [-0.25, -0.2) is 4.79 Å². The summed E-state index contributed by atoms with van der Waals surface area (Å²) in [5, 5.41) is 8.27. The largest absolute Gasteiger partial charge is 0.481 e. The minimum Gasteiger partial charge on any atom is -0.481 e. The third kappa shape index (κ3) is 8.99. The number of carbonyl (C=O) groups excluding carboxylic acids is 1. The van der Waals surface area contributed by atoms with Gasteiger partial charge in [-0.1, -0.05) is 0 Å². The Morgan fingerprint density at radius 3 is 2.29 bits per heavy atom. The van der Waals surface area contributed by atoms with Gasteiger partial charge >= 0.3 is 11.9 Å². The number of carboxylic acids is 1. The zero-order valence-corrected chi connectivity index (χ0v) is 8.70. The van der Waals surface area contributed by atoms with Crippen LogP contribution in [-0.4, -0.2) is 35.9 Å². The molecule has 0 aromatic carbocycles. The molecule has 0 fully saturated rings. The smallest absolute Gasteiger partial charge is 0.332 e. The highest BCUT2D eigenvalue weighted by atomic mass is 16.6. The van der Waals surface area contributed by atoms with E-state index in [4.69, 9.17) is 14.6 Å². The molecular formula is C9H16O5. The molecule has 0 aliphatic heterocycles. The Kier molecular flexibility index (Phi) is 5.15. The molecule has 0 bridgehead atoms. The van der Waals surface area contributed by atoms with Gasteiger partial charge in [-0.2, -0.15) is 0 Å². The maximum Gasteiger partial charge on any atom is 0.332 e. The molecular weight excluding hydrogens is 188 g/mol. The average molecular weight is 204 g/mol. The van der Waals surface area contributed by atoms with E-state index in [9.17, 15) is 9.59 Å². The first-order valence-electron chi connectivity index (χ1n) is 4.32. The summed E-state index contributed by atoms with van der Waals surface area (Å²) in [5.74, 6) is -1.43. The van der Waals surface area contributed by atoms with Crippen LogP contribution in [0.2, 0.25) is 0 Å². The second-order valence-electron chi connectivity index (χ2n) is 3.78. The lowest BCUT2D eigenvalue weighted by molar-refractivity contribution is -0.161. The van der Waals surface area contributed by atoms with Gasteiger partial charge in [0.25, 0.3) is 0 Å². The van der Waals surface area contributed by atoms with Crippen LogP contribution in [0.5, 0.6) is 0 Å². The standard InChI is InChI=1S/C9H16O5/c1-9(2,3)14-8(12)6-13-5-4-7(10)11/h4-6H2,1-3H3,(H,10,11). The third-order valence-corrected chi connectivity index (χ3v) is 1.10. The predicted octanol–water partition coefficient (Wildman–Crippen LogP) is 0.819. The fourth-order valence-electron chi connectivity index (χ4n) is 0.686. The molecule has 0 aliphatic carbocycles. The maximum atomic E-state index is 11.0. The van der Waals surface area contributed by atoms with E-state index in [2.05, 4.69) is 0 Å². The van der Waals surface area contributed by atoms with Crippen molar-refractivity contribution in [3.63, 3.8) is 0 Å². The van der Waals surface area contributed by atoms with Crippen molar-refractivity contribution >= 4 is 11.9 Å². The zero-order chi connectivity index (χ0) is 11.2. The Labute approximate surface area is 83.0 Å². The van der Waals surface area contributed by atoms with Crippen molar-refractivity contribution in [3.05, 3.63) is 0 Å². The molecule has 1 N–H and O–H groups in total. The van der Waals surface area contributed by atoms with Gasteiger partial charge < -0.3 is 14.6 Å². The number of carboxylic acid groups (broad SMARTS) is 1. The van der Waals surface area contributed by atoms with Crippen LogP contribution in [0.1, 0.15) is 27.2 Å². The molecule has 0 aromatic rings. The summed E-state index contributed by atoms with van der Waals surface area (Å²) >= 11 is 0. The molecule has 0 saturated carbocycles. The fraction of sp³-hybridized carbons (Fsp3) is 0.778. The van der Waals surface area contributed by atoms with E-state index >= 15 is 0 Å². The summed E-state index contributed by atoms with van der Waals surface area (Å²) < 4.78 is 9.73. The number of aliphatic carboxylic acids is 1. The summed E-state index contributed by atoms with van der Waals surface area (Å²) in [6.07, 6.45) is -0.108. The maximum absolute atomic E-state index is 11.0. The molecule has 0 atom stereocenters. The molecule has 0 heterocycles. The van der Waals surface area contributed by atoms with Gasteiger partial charge in [-0.3, -0.25) is 4.79 Å². The third-order valence-electron chi connectivity index (χ3n) is 1.10. The van der Waals surface area contributed by atoms with Crippen LogP contribution in [-0.2, 0) is 19.1 Å². The first kappa shape index (κ1) is 12.9. The Bertz CT molecular complexity index is 204. The molecule has 0 aromatic heterocycles. The van der Waals surface area contributed by atoms with Crippen molar-refractivity contribution in [2.45, 2.75) is 32.8 Å². The predicted molar refractivity (Wildman–Crippen MR) is 48.9 cm³/mol. The lowest BCUT2D eigenvalue weighted by Crippen LogP contribution is -2.26. The highest BCUT2D eigenvalue weighted by molar-refractivity contribution is 5.71. The molecule has 0 saturated heterocycles. The van der Waals surface area contributed by atoms with Crippen LogP contribution < -0.4 is 0 Å². The van der Waals surface area contributed by atoms with Crippen LogP contribution in [0.3, 0.4) is 0 Å². The normalized spacial score (nSPS) is 11.1. The van der Waals surface area contributed by atoms with E-state index in [0.29, 0.717) is 0 Å². The van der Waals surface area contributed by atoms with Crippen LogP contribution in [0.15, 0.2) is 0 Å². The van der Waals surface area contributed by atoms with Gasteiger partial charge in [0.2, 0.25) is 0 Å². The van der Waals surface area contributed by atoms with Crippen molar-refractivity contribution in [2.24, 2.45) is 0 Å². The molecule has 14 heavy (non-hydrogen) atoms. The Balaban J connectivity index is 3.50. The fourth-order valence-corrected chi connectivity index (χ4v) is 0.686. The second kappa shape index (κ2) is 5.59. The van der Waals surface area contributed by atoms with Gasteiger partial charge in [0.15, 0.2) is 0 Å². The minimum absolute atomic E-state index is 0.0224. The van der Waals surface area contributed by atoms with Crippen molar-refractivity contribution in [2.75, 3.05) is 13.2 Å². The Hall–Kier alpha value is -1.10. The molecule has 0 radical (unpaired) electrons. The molecule has 82 valence electrons. The van der Waals surface area contributed by atoms with E-state index < -0.39 is 17.5 Å². The van der Waals surface area contributed by atoms with Gasteiger partial charge in [0, 0.05) is 0 Å². The van der Waals surface area contributed by atoms with E-state index in [-0.39, 0.29) is 19.6 Å². The summed E-state index contributed by atoms with van der Waals surface area (Å²) in [7, 11) is 0. The number of hydrogen-bond donors (Lipinski definition) is 1. The monoisotopic (exact) mass is 204 g/mol. The SMILES string of the molecule is CC(C)(C)OC(=O)COCCC(=O)O. The van der Waals surface area contributed by atoms with Gasteiger partial charge in [0.05, 0.1) is 13.0 Å². The number of hydrogen-bond acceptors (Lipinski definition) is 4. The summed E-state index contributed by atoms with van der Waals surface area (Å²) in [6, 6.07) is 0. The number of ether oxygens (including phenoxy) is 2. The molecule has 5 heteroatoms. The topological polar surface area (TPSA) is 72.8 Å².